The van der Waals surface area contributed by atoms with Crippen molar-refractivity contribution < 1.29 is 14.7 Å². The van der Waals surface area contributed by atoms with Gasteiger partial charge in [-0.2, -0.15) is 0 Å². The fourth-order valence-corrected chi connectivity index (χ4v) is 2.55. The fourth-order valence-electron chi connectivity index (χ4n) is 2.55. The highest BCUT2D eigenvalue weighted by Crippen LogP contribution is 2.35. The Kier molecular flexibility index (Phi) is 5.52. The number of carbonyl (C=O) groups is 2. The van der Waals surface area contributed by atoms with Crippen molar-refractivity contribution in [1.82, 2.24) is 0 Å². The molecule has 3 rings (SSSR count). The van der Waals surface area contributed by atoms with Crippen molar-refractivity contribution in [2.24, 2.45) is 0 Å². The molecule has 0 aliphatic carbocycles. The van der Waals surface area contributed by atoms with Crippen molar-refractivity contribution in [3.8, 4) is 0 Å². The van der Waals surface area contributed by atoms with Crippen LogP contribution in [0.5, 0.6) is 0 Å². The lowest BCUT2D eigenvalue weighted by Gasteiger charge is -2.16. The molecule has 2 heterocycles. The van der Waals surface area contributed by atoms with Crippen molar-refractivity contribution in [3.63, 3.8) is 0 Å². The predicted molar refractivity (Wildman–Crippen MR) is 70.7 cm³/mol. The van der Waals surface area contributed by atoms with Gasteiger partial charge in [0.1, 0.15) is 6.79 Å². The molecule has 1 amide bonds. The molecule has 4 nitrogen and oxygen atoms in total. The first kappa shape index (κ1) is 14.4. The minimum atomic E-state index is 0.314. The van der Waals surface area contributed by atoms with Gasteiger partial charge in [0.15, 0.2) is 0 Å². The van der Waals surface area contributed by atoms with E-state index in [4.69, 9.17) is 9.90 Å². The Labute approximate surface area is 107 Å². The molecule has 0 aromatic heterocycles. The molecule has 0 saturated heterocycles. The smallest absolute Gasteiger partial charge is 0.227 e. The number of anilines is 1. The van der Waals surface area contributed by atoms with Gasteiger partial charge in [-0.05, 0) is 30.4 Å². The van der Waals surface area contributed by atoms with Crippen molar-refractivity contribution in [2.75, 3.05) is 18.6 Å². The monoisotopic (exact) mass is 249 g/mol. The van der Waals surface area contributed by atoms with Crippen LogP contribution in [0.25, 0.3) is 0 Å². The van der Waals surface area contributed by atoms with Crippen LogP contribution in [0.1, 0.15) is 24.0 Å². The molecule has 18 heavy (non-hydrogen) atoms. The molecular formula is C14H19NO3. The molecular weight excluding hydrogens is 230 g/mol. The van der Waals surface area contributed by atoms with Gasteiger partial charge in [0.2, 0.25) is 5.91 Å². The standard InChI is InChI=1S/C12H13NO.CH4O.CH2O/c14-11-6-2-5-9-3-1-4-10-7-8-13(11)12(9)10;2*1-2/h1,3-4H,2,5-8H2;2H,1H3;1H2. The van der Waals surface area contributed by atoms with E-state index in [1.807, 2.05) is 11.7 Å². The van der Waals surface area contributed by atoms with E-state index in [0.29, 0.717) is 12.3 Å². The number of amides is 1. The average Bonchev–Trinajstić information content (AvgIpc) is 2.80. The largest absolute Gasteiger partial charge is 0.400 e. The molecule has 0 saturated carbocycles. The highest BCUT2D eigenvalue weighted by molar-refractivity contribution is 5.97. The number of aryl methyl sites for hydroxylation is 1. The molecule has 0 atom stereocenters. The fraction of sp³-hybridized carbons (Fsp3) is 0.429. The van der Waals surface area contributed by atoms with Gasteiger partial charge in [0.25, 0.3) is 0 Å². The number of para-hydroxylation sites is 1. The third kappa shape index (κ3) is 2.59. The van der Waals surface area contributed by atoms with Gasteiger partial charge in [-0.15, -0.1) is 0 Å². The summed E-state index contributed by atoms with van der Waals surface area (Å²) in [6.07, 6.45) is 3.82. The maximum absolute atomic E-state index is 11.8. The highest BCUT2D eigenvalue weighted by atomic mass is 16.2. The highest BCUT2D eigenvalue weighted by Gasteiger charge is 2.28. The Balaban J connectivity index is 0.000000371. The van der Waals surface area contributed by atoms with Crippen LogP contribution >= 0.6 is 0 Å². The summed E-state index contributed by atoms with van der Waals surface area (Å²) in [4.78, 5) is 21.8. The summed E-state index contributed by atoms with van der Waals surface area (Å²) in [7, 11) is 1.00. The van der Waals surface area contributed by atoms with Crippen LogP contribution in [0.3, 0.4) is 0 Å². The van der Waals surface area contributed by atoms with E-state index in [2.05, 4.69) is 18.2 Å². The van der Waals surface area contributed by atoms with Crippen LogP contribution in [0.4, 0.5) is 5.69 Å². The number of carbonyl (C=O) groups excluding carboxylic acids is 2. The van der Waals surface area contributed by atoms with Crippen LogP contribution in [0, 0.1) is 0 Å². The zero-order valence-electron chi connectivity index (χ0n) is 10.7. The molecule has 0 unspecified atom stereocenters. The normalized spacial score (nSPS) is 15.7. The molecule has 4 heteroatoms. The Morgan fingerprint density at radius 2 is 1.72 bits per heavy atom. The van der Waals surface area contributed by atoms with E-state index >= 15 is 0 Å². The molecule has 1 N–H and O–H groups in total. The molecule has 1 aromatic rings. The minimum absolute atomic E-state index is 0.314. The van der Waals surface area contributed by atoms with Gasteiger partial charge in [0.05, 0.1) is 5.69 Å². The molecule has 0 radical (unpaired) electrons. The number of hydrogen-bond donors (Lipinski definition) is 1. The van der Waals surface area contributed by atoms with Crippen molar-refractivity contribution >= 4 is 18.4 Å². The molecule has 0 bridgehead atoms. The van der Waals surface area contributed by atoms with Crippen molar-refractivity contribution in [2.45, 2.75) is 25.7 Å². The molecule has 2 aliphatic rings. The zero-order valence-corrected chi connectivity index (χ0v) is 10.7. The summed E-state index contributed by atoms with van der Waals surface area (Å²) in [5.41, 5.74) is 3.96. The van der Waals surface area contributed by atoms with Crippen molar-refractivity contribution in [1.29, 1.82) is 0 Å². The number of hydrogen-bond acceptors (Lipinski definition) is 3. The van der Waals surface area contributed by atoms with Gasteiger partial charge in [-0.1, -0.05) is 18.2 Å². The third-order valence-corrected chi connectivity index (χ3v) is 3.22. The SMILES string of the molecule is C=O.CO.O=C1CCCc2cccc3c2N1CC3. The molecule has 2 aliphatic heterocycles. The summed E-state index contributed by atoms with van der Waals surface area (Å²) in [5.74, 6) is 0.314. The Morgan fingerprint density at radius 3 is 2.39 bits per heavy atom. The third-order valence-electron chi connectivity index (χ3n) is 3.22. The Morgan fingerprint density at radius 1 is 1.11 bits per heavy atom. The summed E-state index contributed by atoms with van der Waals surface area (Å²) in [6, 6.07) is 6.43. The lowest BCUT2D eigenvalue weighted by Crippen LogP contribution is -2.27. The predicted octanol–water partition coefficient (Wildman–Crippen LogP) is 1.34. The van der Waals surface area contributed by atoms with Crippen LogP contribution in [-0.2, 0) is 22.4 Å². The first-order valence-corrected chi connectivity index (χ1v) is 6.01. The summed E-state index contributed by atoms with van der Waals surface area (Å²) in [5, 5.41) is 7.00. The second-order valence-electron chi connectivity index (χ2n) is 4.07. The van der Waals surface area contributed by atoms with Gasteiger partial charge in [-0.3, -0.25) is 4.79 Å². The van der Waals surface area contributed by atoms with Gasteiger partial charge < -0.3 is 14.8 Å². The lowest BCUT2D eigenvalue weighted by atomic mass is 10.0. The maximum atomic E-state index is 11.8. The lowest BCUT2D eigenvalue weighted by molar-refractivity contribution is -0.118. The second-order valence-corrected chi connectivity index (χ2v) is 4.07. The summed E-state index contributed by atoms with van der Waals surface area (Å²) >= 11 is 0. The molecule has 1 aromatic carbocycles. The number of nitrogens with zero attached hydrogens (tertiary/aromatic N) is 1. The van der Waals surface area contributed by atoms with Crippen molar-refractivity contribution in [3.05, 3.63) is 29.3 Å². The number of benzene rings is 1. The quantitative estimate of drug-likeness (QED) is 0.754. The minimum Gasteiger partial charge on any atom is -0.400 e. The molecule has 0 spiro atoms. The van der Waals surface area contributed by atoms with E-state index < -0.39 is 0 Å². The van der Waals surface area contributed by atoms with Crippen LogP contribution in [0.15, 0.2) is 18.2 Å². The second kappa shape index (κ2) is 6.91. The first-order valence-electron chi connectivity index (χ1n) is 6.01. The number of rotatable bonds is 0. The Hall–Kier alpha value is -1.68. The summed E-state index contributed by atoms with van der Waals surface area (Å²) < 4.78 is 0. The summed E-state index contributed by atoms with van der Waals surface area (Å²) in [6.45, 7) is 2.89. The van der Waals surface area contributed by atoms with Gasteiger partial charge in [0, 0.05) is 20.1 Å². The maximum Gasteiger partial charge on any atom is 0.227 e. The van der Waals surface area contributed by atoms with E-state index in [1.54, 1.807) is 0 Å². The Bertz CT molecular complexity index is 418. The molecule has 98 valence electrons. The number of aliphatic hydroxyl groups excluding tert-OH is 1. The van der Waals surface area contributed by atoms with Crippen LogP contribution in [-0.4, -0.2) is 31.5 Å². The van der Waals surface area contributed by atoms with E-state index in [9.17, 15) is 4.79 Å². The van der Waals surface area contributed by atoms with E-state index in [-0.39, 0.29) is 0 Å². The van der Waals surface area contributed by atoms with Gasteiger partial charge in [-0.25, -0.2) is 0 Å². The molecule has 0 fully saturated rings. The van der Waals surface area contributed by atoms with Crippen LogP contribution in [0.2, 0.25) is 0 Å². The van der Waals surface area contributed by atoms with E-state index in [0.717, 1.165) is 32.9 Å². The van der Waals surface area contributed by atoms with Crippen LogP contribution < -0.4 is 4.90 Å². The van der Waals surface area contributed by atoms with Gasteiger partial charge >= 0.3 is 0 Å². The zero-order chi connectivity index (χ0) is 13.5. The topological polar surface area (TPSA) is 57.6 Å². The number of aliphatic hydroxyl groups is 1. The average molecular weight is 249 g/mol. The van der Waals surface area contributed by atoms with E-state index in [1.165, 1.54) is 16.8 Å². The first-order chi connectivity index (χ1) is 8.86.